The Morgan fingerprint density at radius 1 is 1.40 bits per heavy atom. The van der Waals surface area contributed by atoms with Gasteiger partial charge >= 0.3 is 0 Å². The molecule has 1 aliphatic heterocycles. The molecule has 0 amide bonds. The molecule has 1 aromatic carbocycles. The maximum atomic E-state index is 10.5. The molecule has 2 rings (SSSR count). The first-order valence-electron chi connectivity index (χ1n) is 5.09. The van der Waals surface area contributed by atoms with E-state index in [9.17, 15) is 10.1 Å². The minimum absolute atomic E-state index is 0.162. The molecule has 2 unspecified atom stereocenters. The molecule has 1 heterocycles. The Kier molecular flexibility index (Phi) is 2.44. The molecule has 4 nitrogen and oxygen atoms in total. The second-order valence-electron chi connectivity index (χ2n) is 4.15. The lowest BCUT2D eigenvalue weighted by atomic mass is 10.1. The summed E-state index contributed by atoms with van der Waals surface area (Å²) in [7, 11) is 0. The summed E-state index contributed by atoms with van der Waals surface area (Å²) in [6.07, 6.45) is 0. The number of rotatable bonds is 3. The molecule has 0 radical (unpaired) electrons. The van der Waals surface area contributed by atoms with Gasteiger partial charge in [0.15, 0.2) is 0 Å². The molecular weight excluding hydrogens is 192 g/mol. The van der Waals surface area contributed by atoms with E-state index in [1.807, 2.05) is 12.1 Å². The SMILES string of the molecule is CC(C)N1CC1c1ccc([N+](=O)[O-])cc1. The second-order valence-corrected chi connectivity index (χ2v) is 4.15. The molecule has 15 heavy (non-hydrogen) atoms. The van der Waals surface area contributed by atoms with Crippen molar-refractivity contribution in [1.82, 2.24) is 4.90 Å². The third-order valence-corrected chi connectivity index (χ3v) is 2.80. The summed E-state index contributed by atoms with van der Waals surface area (Å²) in [5.74, 6) is 0. The Labute approximate surface area is 88.7 Å². The van der Waals surface area contributed by atoms with E-state index in [0.29, 0.717) is 12.1 Å². The van der Waals surface area contributed by atoms with E-state index in [4.69, 9.17) is 0 Å². The van der Waals surface area contributed by atoms with Crippen molar-refractivity contribution in [3.05, 3.63) is 39.9 Å². The first kappa shape index (κ1) is 10.1. The monoisotopic (exact) mass is 206 g/mol. The minimum atomic E-state index is -0.364. The van der Waals surface area contributed by atoms with Crippen LogP contribution < -0.4 is 0 Å². The van der Waals surface area contributed by atoms with Crippen molar-refractivity contribution in [3.8, 4) is 0 Å². The highest BCUT2D eigenvalue weighted by Gasteiger charge is 2.37. The van der Waals surface area contributed by atoms with Crippen LogP contribution in [0.15, 0.2) is 24.3 Å². The van der Waals surface area contributed by atoms with Gasteiger partial charge in [-0.05, 0) is 19.4 Å². The first-order chi connectivity index (χ1) is 7.09. The van der Waals surface area contributed by atoms with Crippen LogP contribution in [0.25, 0.3) is 0 Å². The Hall–Kier alpha value is -1.42. The summed E-state index contributed by atoms with van der Waals surface area (Å²) in [6.45, 7) is 5.38. The van der Waals surface area contributed by atoms with Crippen molar-refractivity contribution in [2.24, 2.45) is 0 Å². The van der Waals surface area contributed by atoms with E-state index in [1.165, 1.54) is 5.56 Å². The van der Waals surface area contributed by atoms with Gasteiger partial charge in [-0.15, -0.1) is 0 Å². The molecule has 0 aromatic heterocycles. The molecule has 0 aliphatic carbocycles. The van der Waals surface area contributed by atoms with Gasteiger partial charge in [-0.2, -0.15) is 0 Å². The van der Waals surface area contributed by atoms with Gasteiger partial charge in [-0.3, -0.25) is 15.0 Å². The number of hydrogen-bond acceptors (Lipinski definition) is 3. The summed E-state index contributed by atoms with van der Waals surface area (Å²) in [5, 5.41) is 10.5. The number of nitrogens with zero attached hydrogens (tertiary/aromatic N) is 2. The van der Waals surface area contributed by atoms with Gasteiger partial charge in [0, 0.05) is 30.8 Å². The zero-order chi connectivity index (χ0) is 11.0. The van der Waals surface area contributed by atoms with Gasteiger partial charge in [0.1, 0.15) is 0 Å². The average Bonchev–Trinajstić information content (AvgIpc) is 2.97. The third kappa shape index (κ3) is 1.99. The Morgan fingerprint density at radius 3 is 2.40 bits per heavy atom. The lowest BCUT2D eigenvalue weighted by Crippen LogP contribution is -2.09. The van der Waals surface area contributed by atoms with Crippen molar-refractivity contribution < 1.29 is 4.92 Å². The Bertz CT molecular complexity index is 373. The van der Waals surface area contributed by atoms with Crippen molar-refractivity contribution in [1.29, 1.82) is 0 Å². The molecule has 0 saturated carbocycles. The molecule has 1 fully saturated rings. The van der Waals surface area contributed by atoms with Crippen LogP contribution >= 0.6 is 0 Å². The molecule has 2 atom stereocenters. The van der Waals surface area contributed by atoms with Crippen molar-refractivity contribution in [2.45, 2.75) is 25.9 Å². The molecule has 1 aromatic rings. The third-order valence-electron chi connectivity index (χ3n) is 2.80. The van der Waals surface area contributed by atoms with Crippen LogP contribution in [-0.4, -0.2) is 22.4 Å². The van der Waals surface area contributed by atoms with Crippen LogP contribution in [-0.2, 0) is 0 Å². The van der Waals surface area contributed by atoms with Crippen molar-refractivity contribution in [3.63, 3.8) is 0 Å². The summed E-state index contributed by atoms with van der Waals surface area (Å²) >= 11 is 0. The van der Waals surface area contributed by atoms with Gasteiger partial charge in [0.05, 0.1) is 4.92 Å². The van der Waals surface area contributed by atoms with Crippen LogP contribution in [0.4, 0.5) is 5.69 Å². The number of nitro benzene ring substituents is 1. The topological polar surface area (TPSA) is 46.1 Å². The van der Waals surface area contributed by atoms with Crippen molar-refractivity contribution >= 4 is 5.69 Å². The molecule has 0 bridgehead atoms. The molecule has 1 saturated heterocycles. The van der Waals surface area contributed by atoms with E-state index in [0.717, 1.165) is 6.54 Å². The van der Waals surface area contributed by atoms with Crippen LogP contribution in [0.5, 0.6) is 0 Å². The van der Waals surface area contributed by atoms with Gasteiger partial charge in [0.25, 0.3) is 5.69 Å². The maximum Gasteiger partial charge on any atom is 0.269 e. The number of benzene rings is 1. The van der Waals surface area contributed by atoms with E-state index in [2.05, 4.69) is 18.7 Å². The first-order valence-corrected chi connectivity index (χ1v) is 5.09. The van der Waals surface area contributed by atoms with Gasteiger partial charge in [0.2, 0.25) is 0 Å². The van der Waals surface area contributed by atoms with E-state index < -0.39 is 0 Å². The highest BCUT2D eigenvalue weighted by atomic mass is 16.6. The molecule has 0 spiro atoms. The fourth-order valence-corrected chi connectivity index (χ4v) is 1.84. The van der Waals surface area contributed by atoms with Crippen LogP contribution in [0, 0.1) is 10.1 Å². The summed E-state index contributed by atoms with van der Waals surface area (Å²) < 4.78 is 0. The average molecular weight is 206 g/mol. The Balaban J connectivity index is 2.09. The van der Waals surface area contributed by atoms with Crippen LogP contribution in [0.1, 0.15) is 25.5 Å². The van der Waals surface area contributed by atoms with Crippen molar-refractivity contribution in [2.75, 3.05) is 6.54 Å². The summed E-state index contributed by atoms with van der Waals surface area (Å²) in [5.41, 5.74) is 1.34. The fourth-order valence-electron chi connectivity index (χ4n) is 1.84. The quantitative estimate of drug-likeness (QED) is 0.433. The highest BCUT2D eigenvalue weighted by molar-refractivity contribution is 5.35. The lowest BCUT2D eigenvalue weighted by Gasteiger charge is -2.06. The van der Waals surface area contributed by atoms with Gasteiger partial charge in [-0.1, -0.05) is 12.1 Å². The smallest absolute Gasteiger partial charge is 0.269 e. The normalized spacial score (nSPS) is 24.2. The largest absolute Gasteiger partial charge is 0.291 e. The summed E-state index contributed by atoms with van der Waals surface area (Å²) in [6, 6.07) is 7.87. The number of hydrogen-bond donors (Lipinski definition) is 0. The predicted molar refractivity (Wildman–Crippen MR) is 57.7 cm³/mol. The molecule has 80 valence electrons. The molecule has 0 N–H and O–H groups in total. The predicted octanol–water partition coefficient (Wildman–Crippen LogP) is 2.36. The lowest BCUT2D eigenvalue weighted by molar-refractivity contribution is -0.384. The minimum Gasteiger partial charge on any atom is -0.291 e. The van der Waals surface area contributed by atoms with Gasteiger partial charge in [-0.25, -0.2) is 0 Å². The standard InChI is InChI=1S/C11H14N2O2/c1-8(2)12-7-11(12)9-3-5-10(6-4-9)13(14)15/h3-6,8,11H,7H2,1-2H3. The number of non-ortho nitro benzene ring substituents is 1. The zero-order valence-electron chi connectivity index (χ0n) is 8.88. The van der Waals surface area contributed by atoms with Gasteiger partial charge < -0.3 is 0 Å². The van der Waals surface area contributed by atoms with Crippen LogP contribution in [0.2, 0.25) is 0 Å². The molecular formula is C11H14N2O2. The van der Waals surface area contributed by atoms with E-state index in [-0.39, 0.29) is 10.6 Å². The molecule has 4 heteroatoms. The second kappa shape index (κ2) is 3.62. The van der Waals surface area contributed by atoms with E-state index >= 15 is 0 Å². The molecule has 1 aliphatic rings. The van der Waals surface area contributed by atoms with E-state index in [1.54, 1.807) is 12.1 Å². The Morgan fingerprint density at radius 2 is 2.00 bits per heavy atom. The number of nitro groups is 1. The maximum absolute atomic E-state index is 10.5. The van der Waals surface area contributed by atoms with Crippen LogP contribution in [0.3, 0.4) is 0 Å². The summed E-state index contributed by atoms with van der Waals surface area (Å²) in [4.78, 5) is 12.4. The highest BCUT2D eigenvalue weighted by Crippen LogP contribution is 2.37. The fraction of sp³-hybridized carbons (Fsp3) is 0.455. The zero-order valence-corrected chi connectivity index (χ0v) is 8.88.